The number of pyridine rings is 1. The van der Waals surface area contributed by atoms with Gasteiger partial charge in [-0.3, -0.25) is 9.78 Å². The lowest BCUT2D eigenvalue weighted by molar-refractivity contribution is 0.0764. The molecule has 0 radical (unpaired) electrons. The fourth-order valence-corrected chi connectivity index (χ4v) is 3.05. The van der Waals surface area contributed by atoms with Crippen LogP contribution < -0.4 is 0 Å². The Bertz CT molecular complexity index is 725. The van der Waals surface area contributed by atoms with Gasteiger partial charge in [0.05, 0.1) is 17.2 Å². The van der Waals surface area contributed by atoms with Crippen molar-refractivity contribution >= 4 is 16.8 Å². The molecule has 0 spiro atoms. The highest BCUT2D eigenvalue weighted by Gasteiger charge is 2.30. The van der Waals surface area contributed by atoms with Crippen LogP contribution in [0.4, 0.5) is 4.39 Å². The Balaban J connectivity index is 1.98. The molecule has 1 aromatic heterocycles. The zero-order valence-electron chi connectivity index (χ0n) is 12.7. The summed E-state index contributed by atoms with van der Waals surface area (Å²) in [5, 5.41) is 10.3. The number of carbonyl (C=O) groups is 1. The number of aromatic nitrogens is 1. The molecule has 2 heterocycles. The third-order valence-corrected chi connectivity index (χ3v) is 4.32. The monoisotopic (exact) mass is 302 g/mol. The first-order chi connectivity index (χ1) is 10.5. The van der Waals surface area contributed by atoms with Crippen LogP contribution in [0.2, 0.25) is 0 Å². The highest BCUT2D eigenvalue weighted by molar-refractivity contribution is 6.06. The van der Waals surface area contributed by atoms with E-state index < -0.39 is 6.10 Å². The average Bonchev–Trinajstić information content (AvgIpc) is 2.95. The Hall–Kier alpha value is -2.01. The van der Waals surface area contributed by atoms with Gasteiger partial charge in [-0.05, 0) is 38.5 Å². The second-order valence-electron chi connectivity index (χ2n) is 6.01. The summed E-state index contributed by atoms with van der Waals surface area (Å²) in [4.78, 5) is 18.8. The average molecular weight is 302 g/mol. The number of hydrogen-bond acceptors (Lipinski definition) is 3. The van der Waals surface area contributed by atoms with E-state index in [1.807, 2.05) is 0 Å². The Morgan fingerprint density at radius 2 is 2.23 bits per heavy atom. The van der Waals surface area contributed by atoms with Gasteiger partial charge in [-0.15, -0.1) is 0 Å². The number of aryl methyl sites for hydroxylation is 1. The molecule has 2 aromatic rings. The highest BCUT2D eigenvalue weighted by Crippen LogP contribution is 2.25. The summed E-state index contributed by atoms with van der Waals surface area (Å²) in [6.45, 7) is 4.75. The van der Waals surface area contributed by atoms with E-state index in [0.29, 0.717) is 35.2 Å². The molecule has 5 heteroatoms. The number of carbonyl (C=O) groups excluding carboxylic acids is 1. The molecule has 0 bridgehead atoms. The third kappa shape index (κ3) is 2.68. The summed E-state index contributed by atoms with van der Waals surface area (Å²) in [7, 11) is 0. The van der Waals surface area contributed by atoms with E-state index in [1.165, 1.54) is 12.1 Å². The first-order valence-electron chi connectivity index (χ1n) is 7.50. The molecular formula is C17H19FN2O2. The van der Waals surface area contributed by atoms with Crippen LogP contribution >= 0.6 is 0 Å². The smallest absolute Gasteiger partial charge is 0.254 e. The van der Waals surface area contributed by atoms with Crippen molar-refractivity contribution in [2.24, 2.45) is 5.92 Å². The van der Waals surface area contributed by atoms with Crippen LogP contribution in [0.5, 0.6) is 0 Å². The summed E-state index contributed by atoms with van der Waals surface area (Å²) in [6.07, 6.45) is 0.392. The maximum Gasteiger partial charge on any atom is 0.254 e. The SMILES string of the molecule is Cc1cc(C(=O)N2CCC(C(C)O)C2)c2ccc(F)cc2n1. The molecule has 1 fully saturated rings. The number of fused-ring (bicyclic) bond motifs is 1. The van der Waals surface area contributed by atoms with Gasteiger partial charge in [0, 0.05) is 36.2 Å². The summed E-state index contributed by atoms with van der Waals surface area (Å²) in [5.74, 6) is -0.319. The number of hydrogen-bond donors (Lipinski definition) is 1. The van der Waals surface area contributed by atoms with E-state index in [-0.39, 0.29) is 17.6 Å². The van der Waals surface area contributed by atoms with Crippen molar-refractivity contribution in [2.45, 2.75) is 26.4 Å². The maximum absolute atomic E-state index is 13.4. The number of benzene rings is 1. The number of aliphatic hydroxyl groups is 1. The summed E-state index contributed by atoms with van der Waals surface area (Å²) in [5.41, 5.74) is 1.73. The minimum Gasteiger partial charge on any atom is -0.393 e. The van der Waals surface area contributed by atoms with E-state index in [0.717, 1.165) is 6.42 Å². The molecule has 1 aliphatic heterocycles. The molecule has 0 aliphatic carbocycles. The summed E-state index contributed by atoms with van der Waals surface area (Å²) >= 11 is 0. The second kappa shape index (κ2) is 5.65. The van der Waals surface area contributed by atoms with Gasteiger partial charge in [-0.25, -0.2) is 4.39 Å². The maximum atomic E-state index is 13.4. The van der Waals surface area contributed by atoms with Crippen LogP contribution in [0.1, 0.15) is 29.4 Å². The minimum absolute atomic E-state index is 0.0785. The first kappa shape index (κ1) is 14.9. The van der Waals surface area contributed by atoms with Crippen LogP contribution in [0.25, 0.3) is 10.9 Å². The molecule has 1 amide bonds. The third-order valence-electron chi connectivity index (χ3n) is 4.32. The largest absolute Gasteiger partial charge is 0.393 e. The second-order valence-corrected chi connectivity index (χ2v) is 6.01. The quantitative estimate of drug-likeness (QED) is 0.927. The fraction of sp³-hybridized carbons (Fsp3) is 0.412. The molecule has 2 atom stereocenters. The predicted octanol–water partition coefficient (Wildman–Crippen LogP) is 2.53. The number of aliphatic hydroxyl groups excluding tert-OH is 1. The van der Waals surface area contributed by atoms with Crippen molar-refractivity contribution in [2.75, 3.05) is 13.1 Å². The van der Waals surface area contributed by atoms with Crippen molar-refractivity contribution in [3.8, 4) is 0 Å². The minimum atomic E-state index is -0.414. The molecule has 3 rings (SSSR count). The van der Waals surface area contributed by atoms with Crippen LogP contribution in [-0.2, 0) is 0 Å². The first-order valence-corrected chi connectivity index (χ1v) is 7.50. The van der Waals surface area contributed by atoms with Crippen molar-refractivity contribution in [1.29, 1.82) is 0 Å². The molecule has 1 aromatic carbocycles. The van der Waals surface area contributed by atoms with Crippen LogP contribution in [0.15, 0.2) is 24.3 Å². The van der Waals surface area contributed by atoms with Crippen LogP contribution in [0.3, 0.4) is 0 Å². The van der Waals surface area contributed by atoms with Gasteiger partial charge >= 0.3 is 0 Å². The van der Waals surface area contributed by atoms with Gasteiger partial charge in [0.2, 0.25) is 0 Å². The zero-order chi connectivity index (χ0) is 15.9. The lowest BCUT2D eigenvalue weighted by Gasteiger charge is -2.19. The number of nitrogens with zero attached hydrogens (tertiary/aromatic N) is 2. The standard InChI is InChI=1S/C17H19FN2O2/c1-10-7-15(14-4-3-13(18)8-16(14)19-10)17(22)20-6-5-12(9-20)11(2)21/h3-4,7-8,11-12,21H,5-6,9H2,1-2H3. The van der Waals surface area contributed by atoms with E-state index in [1.54, 1.807) is 30.9 Å². The van der Waals surface area contributed by atoms with Crippen LogP contribution in [0, 0.1) is 18.7 Å². The molecule has 1 saturated heterocycles. The van der Waals surface area contributed by atoms with E-state index in [2.05, 4.69) is 4.98 Å². The van der Waals surface area contributed by atoms with Gasteiger partial charge in [-0.2, -0.15) is 0 Å². The lowest BCUT2D eigenvalue weighted by Crippen LogP contribution is -2.30. The molecule has 22 heavy (non-hydrogen) atoms. The fourth-order valence-electron chi connectivity index (χ4n) is 3.05. The Morgan fingerprint density at radius 1 is 1.45 bits per heavy atom. The molecular weight excluding hydrogens is 283 g/mol. The normalized spacial score (nSPS) is 19.6. The predicted molar refractivity (Wildman–Crippen MR) is 82.1 cm³/mol. The van der Waals surface area contributed by atoms with Gasteiger partial charge in [0.1, 0.15) is 5.82 Å². The van der Waals surface area contributed by atoms with Crippen LogP contribution in [-0.4, -0.2) is 40.1 Å². The Morgan fingerprint density at radius 3 is 2.91 bits per heavy atom. The van der Waals surface area contributed by atoms with Crippen molar-refractivity contribution in [3.63, 3.8) is 0 Å². The lowest BCUT2D eigenvalue weighted by atomic mass is 10.0. The highest BCUT2D eigenvalue weighted by atomic mass is 19.1. The topological polar surface area (TPSA) is 53.4 Å². The molecule has 0 saturated carbocycles. The summed E-state index contributed by atoms with van der Waals surface area (Å²) in [6, 6.07) is 6.05. The van der Waals surface area contributed by atoms with Crippen molar-refractivity contribution in [1.82, 2.24) is 9.88 Å². The van der Waals surface area contributed by atoms with E-state index in [9.17, 15) is 14.3 Å². The molecule has 116 valence electrons. The number of amides is 1. The van der Waals surface area contributed by atoms with Gasteiger partial charge in [-0.1, -0.05) is 0 Å². The summed E-state index contributed by atoms with van der Waals surface area (Å²) < 4.78 is 13.4. The zero-order valence-corrected chi connectivity index (χ0v) is 12.7. The molecule has 1 N–H and O–H groups in total. The Labute approximate surface area is 128 Å². The van der Waals surface area contributed by atoms with E-state index >= 15 is 0 Å². The van der Waals surface area contributed by atoms with Gasteiger partial charge < -0.3 is 10.0 Å². The molecule has 2 unspecified atom stereocenters. The number of rotatable bonds is 2. The molecule has 4 nitrogen and oxygen atoms in total. The molecule has 1 aliphatic rings. The Kier molecular flexibility index (Phi) is 3.83. The van der Waals surface area contributed by atoms with Crippen molar-refractivity contribution < 1.29 is 14.3 Å². The van der Waals surface area contributed by atoms with E-state index in [4.69, 9.17) is 0 Å². The van der Waals surface area contributed by atoms with Gasteiger partial charge in [0.15, 0.2) is 0 Å². The number of halogens is 1. The van der Waals surface area contributed by atoms with Crippen molar-refractivity contribution in [3.05, 3.63) is 41.3 Å². The number of likely N-dealkylation sites (tertiary alicyclic amines) is 1. The van der Waals surface area contributed by atoms with Gasteiger partial charge in [0.25, 0.3) is 5.91 Å².